The third-order valence-electron chi connectivity index (χ3n) is 3.70. The minimum atomic E-state index is -1.47. The van der Waals surface area contributed by atoms with E-state index in [1.165, 1.54) is 18.2 Å². The monoisotopic (exact) mass is 292 g/mol. The number of benzene rings is 1. The highest BCUT2D eigenvalue weighted by atomic mass is 35.5. The lowest BCUT2D eigenvalue weighted by molar-refractivity contribution is -0.143. The smallest absolute Gasteiger partial charge is 0.331 e. The molecule has 0 aliphatic heterocycles. The normalized spacial score (nSPS) is 25.1. The Morgan fingerprint density at radius 2 is 1.90 bits per heavy atom. The van der Waals surface area contributed by atoms with Crippen molar-refractivity contribution in [3.63, 3.8) is 0 Å². The summed E-state index contributed by atoms with van der Waals surface area (Å²) in [6.45, 7) is 1.58. The molecule has 2 N–H and O–H groups in total. The molecule has 1 aliphatic rings. The molecule has 1 aliphatic carbocycles. The number of carboxylic acid groups (broad SMARTS) is 2. The van der Waals surface area contributed by atoms with Crippen LogP contribution in [0, 0.1) is 5.92 Å². The van der Waals surface area contributed by atoms with Crippen LogP contribution >= 0.6 is 11.6 Å². The van der Waals surface area contributed by atoms with Gasteiger partial charge in [-0.1, -0.05) is 55.0 Å². The van der Waals surface area contributed by atoms with Gasteiger partial charge in [0.2, 0.25) is 0 Å². The Kier molecular flexibility index (Phi) is 3.68. The predicted molar refractivity (Wildman–Crippen MR) is 74.8 cm³/mol. The van der Waals surface area contributed by atoms with Crippen molar-refractivity contribution < 1.29 is 19.8 Å². The fourth-order valence-corrected chi connectivity index (χ4v) is 2.88. The first-order valence-corrected chi connectivity index (χ1v) is 6.40. The number of hydrogen-bond acceptors (Lipinski definition) is 2. The molecule has 20 heavy (non-hydrogen) atoms. The zero-order valence-electron chi connectivity index (χ0n) is 10.7. The molecular formula is C15H13ClO4. The Labute approximate surface area is 121 Å². The van der Waals surface area contributed by atoms with Gasteiger partial charge in [0.15, 0.2) is 0 Å². The molecule has 2 rings (SSSR count). The van der Waals surface area contributed by atoms with E-state index in [1.54, 1.807) is 31.2 Å². The van der Waals surface area contributed by atoms with Gasteiger partial charge in [-0.3, -0.25) is 4.79 Å². The Morgan fingerprint density at radius 1 is 1.25 bits per heavy atom. The maximum Gasteiger partial charge on any atom is 0.331 e. The number of hydrogen-bond donors (Lipinski definition) is 2. The Bertz CT molecular complexity index is 633. The first kappa shape index (κ1) is 14.3. The van der Waals surface area contributed by atoms with E-state index in [4.69, 9.17) is 11.6 Å². The number of halogens is 1. The molecule has 0 fully saturated rings. The minimum absolute atomic E-state index is 0.0508. The summed E-state index contributed by atoms with van der Waals surface area (Å²) in [5.41, 5.74) is -1.03. The number of rotatable bonds is 3. The van der Waals surface area contributed by atoms with Crippen molar-refractivity contribution in [1.29, 1.82) is 0 Å². The van der Waals surface area contributed by atoms with Gasteiger partial charge in [-0.2, -0.15) is 0 Å². The molecule has 0 heterocycles. The van der Waals surface area contributed by atoms with Crippen LogP contribution < -0.4 is 0 Å². The summed E-state index contributed by atoms with van der Waals surface area (Å²) >= 11 is 6.12. The predicted octanol–water partition coefficient (Wildman–Crippen LogP) is 2.88. The molecule has 5 heteroatoms. The topological polar surface area (TPSA) is 74.6 Å². The molecule has 2 unspecified atom stereocenters. The average Bonchev–Trinajstić information content (AvgIpc) is 2.39. The standard InChI is InChI=1S/C15H13ClO4/c1-9-10(13(17)18)5-4-8-15(9,14(19)20)11-6-2-3-7-12(11)16/h2-9H,1H3,(H,17,18)(H,19,20). The molecule has 0 bridgehead atoms. The molecule has 0 saturated carbocycles. The summed E-state index contributed by atoms with van der Waals surface area (Å²) in [5.74, 6) is -2.98. The second-order valence-corrected chi connectivity index (χ2v) is 5.07. The van der Waals surface area contributed by atoms with Crippen LogP contribution in [0.5, 0.6) is 0 Å². The molecule has 104 valence electrons. The number of carbonyl (C=O) groups is 2. The van der Waals surface area contributed by atoms with Crippen LogP contribution in [-0.2, 0) is 15.0 Å². The maximum atomic E-state index is 11.9. The van der Waals surface area contributed by atoms with Crippen LogP contribution in [0.2, 0.25) is 5.02 Å². The van der Waals surface area contributed by atoms with Crippen LogP contribution in [0.25, 0.3) is 0 Å². The van der Waals surface area contributed by atoms with Crippen LogP contribution in [0.15, 0.2) is 48.1 Å². The van der Waals surface area contributed by atoms with E-state index in [0.29, 0.717) is 10.6 Å². The van der Waals surface area contributed by atoms with Crippen LogP contribution in [0.3, 0.4) is 0 Å². The Morgan fingerprint density at radius 3 is 2.45 bits per heavy atom. The van der Waals surface area contributed by atoms with Gasteiger partial charge in [-0.05, 0) is 11.6 Å². The second kappa shape index (κ2) is 5.13. The first-order chi connectivity index (χ1) is 9.41. The van der Waals surface area contributed by atoms with Gasteiger partial charge in [-0.15, -0.1) is 0 Å². The highest BCUT2D eigenvalue weighted by molar-refractivity contribution is 6.31. The zero-order valence-corrected chi connectivity index (χ0v) is 11.5. The van der Waals surface area contributed by atoms with Crippen molar-refractivity contribution in [1.82, 2.24) is 0 Å². The molecule has 0 amide bonds. The van der Waals surface area contributed by atoms with Gasteiger partial charge in [-0.25, -0.2) is 4.79 Å². The van der Waals surface area contributed by atoms with E-state index < -0.39 is 23.3 Å². The highest BCUT2D eigenvalue weighted by Crippen LogP contribution is 2.43. The van der Waals surface area contributed by atoms with Gasteiger partial charge < -0.3 is 10.2 Å². The molecule has 0 saturated heterocycles. The fraction of sp³-hybridized carbons (Fsp3) is 0.200. The van der Waals surface area contributed by atoms with Crippen molar-refractivity contribution in [2.75, 3.05) is 0 Å². The molecule has 0 radical (unpaired) electrons. The fourth-order valence-electron chi connectivity index (χ4n) is 2.59. The van der Waals surface area contributed by atoms with E-state index in [-0.39, 0.29) is 5.57 Å². The summed E-state index contributed by atoms with van der Waals surface area (Å²) in [6, 6.07) is 6.60. The van der Waals surface area contributed by atoms with Crippen molar-refractivity contribution in [3.05, 3.63) is 58.7 Å². The highest BCUT2D eigenvalue weighted by Gasteiger charge is 2.48. The third-order valence-corrected chi connectivity index (χ3v) is 4.03. The SMILES string of the molecule is CC1C(C(=O)O)=CC=CC1(C(=O)O)c1ccccc1Cl. The van der Waals surface area contributed by atoms with Crippen LogP contribution in [-0.4, -0.2) is 22.2 Å². The first-order valence-electron chi connectivity index (χ1n) is 6.02. The second-order valence-electron chi connectivity index (χ2n) is 4.66. The summed E-state index contributed by atoms with van der Waals surface area (Å²) in [6.07, 6.45) is 4.37. The van der Waals surface area contributed by atoms with E-state index >= 15 is 0 Å². The third kappa shape index (κ3) is 2.02. The Hall–Kier alpha value is -2.07. The molecule has 0 spiro atoms. The lowest BCUT2D eigenvalue weighted by Crippen LogP contribution is -2.43. The number of allylic oxidation sites excluding steroid dienone is 2. The Balaban J connectivity index is 2.68. The zero-order chi connectivity index (χ0) is 14.9. The lowest BCUT2D eigenvalue weighted by Gasteiger charge is -2.35. The molecular weight excluding hydrogens is 280 g/mol. The number of carboxylic acids is 2. The van der Waals surface area contributed by atoms with Gasteiger partial charge in [0.05, 0.1) is 0 Å². The maximum absolute atomic E-state index is 11.9. The van der Waals surface area contributed by atoms with Crippen LogP contribution in [0.1, 0.15) is 12.5 Å². The average molecular weight is 293 g/mol. The van der Waals surface area contributed by atoms with Crippen molar-refractivity contribution in [2.45, 2.75) is 12.3 Å². The van der Waals surface area contributed by atoms with Gasteiger partial charge in [0, 0.05) is 16.5 Å². The largest absolute Gasteiger partial charge is 0.480 e. The summed E-state index contributed by atoms with van der Waals surface area (Å²) in [7, 11) is 0. The number of aliphatic carboxylic acids is 2. The molecule has 1 aromatic carbocycles. The van der Waals surface area contributed by atoms with E-state index in [9.17, 15) is 19.8 Å². The lowest BCUT2D eigenvalue weighted by atomic mass is 9.66. The molecule has 1 aromatic rings. The van der Waals surface area contributed by atoms with E-state index in [1.807, 2.05) is 0 Å². The van der Waals surface area contributed by atoms with Crippen molar-refractivity contribution in [2.24, 2.45) is 5.92 Å². The molecule has 0 aromatic heterocycles. The molecule has 2 atom stereocenters. The van der Waals surface area contributed by atoms with E-state index in [0.717, 1.165) is 0 Å². The van der Waals surface area contributed by atoms with Gasteiger partial charge in [0.1, 0.15) is 5.41 Å². The molecule has 4 nitrogen and oxygen atoms in total. The summed E-state index contributed by atoms with van der Waals surface area (Å²) in [4.78, 5) is 23.1. The van der Waals surface area contributed by atoms with Gasteiger partial charge in [0.25, 0.3) is 0 Å². The summed E-state index contributed by atoms with van der Waals surface area (Å²) < 4.78 is 0. The van der Waals surface area contributed by atoms with Crippen molar-refractivity contribution in [3.8, 4) is 0 Å². The van der Waals surface area contributed by atoms with Crippen molar-refractivity contribution >= 4 is 23.5 Å². The quantitative estimate of drug-likeness (QED) is 0.898. The van der Waals surface area contributed by atoms with Crippen LogP contribution in [0.4, 0.5) is 0 Å². The van der Waals surface area contributed by atoms with Gasteiger partial charge >= 0.3 is 11.9 Å². The minimum Gasteiger partial charge on any atom is -0.480 e. The van der Waals surface area contributed by atoms with E-state index in [2.05, 4.69) is 0 Å². The summed E-state index contributed by atoms with van der Waals surface area (Å²) in [5, 5.41) is 19.2.